The van der Waals surface area contributed by atoms with E-state index in [0.717, 1.165) is 38.6 Å². The van der Waals surface area contributed by atoms with Gasteiger partial charge in [-0.2, -0.15) is 0 Å². The lowest BCUT2D eigenvalue weighted by atomic mass is 10.1. The Bertz CT molecular complexity index is 555. The summed E-state index contributed by atoms with van der Waals surface area (Å²) in [5, 5.41) is 6.91. The van der Waals surface area contributed by atoms with Crippen molar-refractivity contribution in [3.8, 4) is 0 Å². The molecule has 0 fully saturated rings. The third-order valence-corrected chi connectivity index (χ3v) is 4.73. The molecule has 0 amide bonds. The van der Waals surface area contributed by atoms with Crippen LogP contribution in [0.4, 0.5) is 0 Å². The first-order valence-corrected chi connectivity index (χ1v) is 10.9. The molecule has 1 unspecified atom stereocenters. The lowest BCUT2D eigenvalue weighted by molar-refractivity contribution is 0.0657. The zero-order chi connectivity index (χ0) is 20.8. The van der Waals surface area contributed by atoms with Gasteiger partial charge in [-0.25, -0.2) is 4.99 Å². The van der Waals surface area contributed by atoms with Crippen molar-refractivity contribution >= 4 is 5.96 Å². The van der Waals surface area contributed by atoms with Crippen molar-refractivity contribution in [3.63, 3.8) is 0 Å². The predicted octanol–water partition coefficient (Wildman–Crippen LogP) is 4.18. The van der Waals surface area contributed by atoms with Crippen LogP contribution in [0.15, 0.2) is 29.3 Å². The molecule has 1 aromatic rings. The molecular formula is C23H42N4O. The Morgan fingerprint density at radius 2 is 1.82 bits per heavy atom. The number of nitrogens with one attached hydrogen (secondary N) is 2. The Morgan fingerprint density at radius 3 is 2.46 bits per heavy atom. The van der Waals surface area contributed by atoms with Gasteiger partial charge in [-0.05, 0) is 71.3 Å². The first-order chi connectivity index (χ1) is 13.5. The van der Waals surface area contributed by atoms with Gasteiger partial charge < -0.3 is 20.3 Å². The maximum atomic E-state index is 5.71. The van der Waals surface area contributed by atoms with Gasteiger partial charge in [0.05, 0.1) is 19.3 Å². The smallest absolute Gasteiger partial charge is 0.191 e. The first-order valence-electron chi connectivity index (χ1n) is 10.9. The second-order valence-electron chi connectivity index (χ2n) is 7.59. The molecule has 5 heteroatoms. The van der Waals surface area contributed by atoms with Gasteiger partial charge in [-0.1, -0.05) is 38.1 Å². The molecule has 0 heterocycles. The van der Waals surface area contributed by atoms with Gasteiger partial charge in [0.25, 0.3) is 0 Å². The third-order valence-electron chi connectivity index (χ3n) is 4.73. The minimum atomic E-state index is 0.245. The van der Waals surface area contributed by atoms with Crippen LogP contribution in [0.3, 0.4) is 0 Å². The normalized spacial score (nSPS) is 13.2. The number of rotatable bonds is 13. The minimum Gasteiger partial charge on any atom is -0.374 e. The highest BCUT2D eigenvalue weighted by atomic mass is 16.5. The summed E-state index contributed by atoms with van der Waals surface area (Å²) in [5.41, 5.74) is 2.40. The van der Waals surface area contributed by atoms with E-state index in [9.17, 15) is 0 Å². The number of guanidine groups is 1. The van der Waals surface area contributed by atoms with Gasteiger partial charge in [0, 0.05) is 12.6 Å². The second-order valence-corrected chi connectivity index (χ2v) is 7.59. The summed E-state index contributed by atoms with van der Waals surface area (Å²) in [5.74, 6) is 0.890. The van der Waals surface area contributed by atoms with Crippen LogP contribution in [0.2, 0.25) is 0 Å². The standard InChI is InChI=1S/C23H42N4O/c1-7-24-23(26-20(6)12-11-15-27(8-2)9-3)25-17-21-13-10-14-22(16-21)18-28-19(4)5/h10,13-14,16,19-20H,7-9,11-12,15,17-18H2,1-6H3,(H2,24,25,26). The van der Waals surface area contributed by atoms with Gasteiger partial charge in [-0.15, -0.1) is 0 Å². The van der Waals surface area contributed by atoms with Gasteiger partial charge >= 0.3 is 0 Å². The van der Waals surface area contributed by atoms with E-state index < -0.39 is 0 Å². The Balaban J connectivity index is 2.55. The van der Waals surface area contributed by atoms with E-state index in [2.05, 4.69) is 81.3 Å². The maximum Gasteiger partial charge on any atom is 0.191 e. The van der Waals surface area contributed by atoms with Gasteiger partial charge in [-0.3, -0.25) is 0 Å². The van der Waals surface area contributed by atoms with Crippen LogP contribution < -0.4 is 10.6 Å². The van der Waals surface area contributed by atoms with E-state index in [0.29, 0.717) is 19.2 Å². The summed E-state index contributed by atoms with van der Waals surface area (Å²) in [6.45, 7) is 18.5. The van der Waals surface area contributed by atoms with Crippen molar-refractivity contribution in [3.05, 3.63) is 35.4 Å². The molecule has 160 valence electrons. The van der Waals surface area contributed by atoms with Crippen molar-refractivity contribution in [1.82, 2.24) is 15.5 Å². The quantitative estimate of drug-likeness (QED) is 0.392. The molecule has 0 aromatic heterocycles. The Kier molecular flexibility index (Phi) is 12.6. The molecule has 0 radical (unpaired) electrons. The summed E-state index contributed by atoms with van der Waals surface area (Å²) in [6.07, 6.45) is 2.59. The minimum absolute atomic E-state index is 0.245. The van der Waals surface area contributed by atoms with E-state index in [1.807, 2.05) is 0 Å². The van der Waals surface area contributed by atoms with Crippen LogP contribution in [0.25, 0.3) is 0 Å². The van der Waals surface area contributed by atoms with E-state index in [4.69, 9.17) is 9.73 Å². The van der Waals surface area contributed by atoms with Crippen LogP contribution in [0.5, 0.6) is 0 Å². The number of hydrogen-bond acceptors (Lipinski definition) is 3. The molecule has 0 aliphatic rings. The fourth-order valence-electron chi connectivity index (χ4n) is 3.04. The molecule has 1 rings (SSSR count). The van der Waals surface area contributed by atoms with Crippen molar-refractivity contribution in [2.24, 2.45) is 4.99 Å². The van der Waals surface area contributed by atoms with E-state index in [-0.39, 0.29) is 6.10 Å². The highest BCUT2D eigenvalue weighted by molar-refractivity contribution is 5.80. The fraction of sp³-hybridized carbons (Fsp3) is 0.696. The van der Waals surface area contributed by atoms with Crippen LogP contribution in [-0.4, -0.2) is 49.2 Å². The average Bonchev–Trinajstić information content (AvgIpc) is 2.68. The monoisotopic (exact) mass is 390 g/mol. The molecule has 0 saturated heterocycles. The summed E-state index contributed by atoms with van der Waals surface area (Å²) >= 11 is 0. The topological polar surface area (TPSA) is 48.9 Å². The molecule has 0 aliphatic heterocycles. The maximum absolute atomic E-state index is 5.71. The molecule has 0 spiro atoms. The molecular weight excluding hydrogens is 348 g/mol. The Labute approximate surface area is 173 Å². The fourth-order valence-corrected chi connectivity index (χ4v) is 3.04. The van der Waals surface area contributed by atoms with Crippen LogP contribution >= 0.6 is 0 Å². The molecule has 28 heavy (non-hydrogen) atoms. The highest BCUT2D eigenvalue weighted by Crippen LogP contribution is 2.09. The number of benzene rings is 1. The van der Waals surface area contributed by atoms with E-state index >= 15 is 0 Å². The number of nitrogens with zero attached hydrogens (tertiary/aromatic N) is 2. The van der Waals surface area contributed by atoms with Crippen molar-refractivity contribution < 1.29 is 4.74 Å². The van der Waals surface area contributed by atoms with Crippen molar-refractivity contribution in [2.45, 2.75) is 79.7 Å². The van der Waals surface area contributed by atoms with Crippen LogP contribution in [0, 0.1) is 0 Å². The molecule has 5 nitrogen and oxygen atoms in total. The third kappa shape index (κ3) is 10.7. The largest absolute Gasteiger partial charge is 0.374 e. The first kappa shape index (κ1) is 24.4. The Morgan fingerprint density at radius 1 is 1.11 bits per heavy atom. The number of hydrogen-bond donors (Lipinski definition) is 2. The molecule has 0 bridgehead atoms. The van der Waals surface area contributed by atoms with Gasteiger partial charge in [0.15, 0.2) is 5.96 Å². The summed E-state index contributed by atoms with van der Waals surface area (Å²) in [7, 11) is 0. The molecule has 0 aliphatic carbocycles. The molecule has 1 atom stereocenters. The van der Waals surface area contributed by atoms with Crippen LogP contribution in [-0.2, 0) is 17.9 Å². The van der Waals surface area contributed by atoms with Crippen molar-refractivity contribution in [1.29, 1.82) is 0 Å². The summed E-state index contributed by atoms with van der Waals surface area (Å²) in [6, 6.07) is 8.90. The van der Waals surface area contributed by atoms with Gasteiger partial charge in [0.1, 0.15) is 0 Å². The van der Waals surface area contributed by atoms with Gasteiger partial charge in [0.2, 0.25) is 0 Å². The highest BCUT2D eigenvalue weighted by Gasteiger charge is 2.07. The molecule has 0 saturated carbocycles. The summed E-state index contributed by atoms with van der Waals surface area (Å²) < 4.78 is 5.71. The zero-order valence-corrected chi connectivity index (χ0v) is 18.9. The predicted molar refractivity (Wildman–Crippen MR) is 121 cm³/mol. The molecule has 1 aromatic carbocycles. The summed E-state index contributed by atoms with van der Waals surface area (Å²) in [4.78, 5) is 7.25. The lowest BCUT2D eigenvalue weighted by Gasteiger charge is -2.21. The lowest BCUT2D eigenvalue weighted by Crippen LogP contribution is -2.42. The number of ether oxygens (including phenoxy) is 1. The molecule has 2 N–H and O–H groups in total. The van der Waals surface area contributed by atoms with Crippen LogP contribution in [0.1, 0.15) is 65.5 Å². The Hall–Kier alpha value is -1.59. The van der Waals surface area contributed by atoms with E-state index in [1.165, 1.54) is 17.5 Å². The van der Waals surface area contributed by atoms with Crippen molar-refractivity contribution in [2.75, 3.05) is 26.2 Å². The average molecular weight is 391 g/mol. The zero-order valence-electron chi connectivity index (χ0n) is 18.9. The second kappa shape index (κ2) is 14.4. The van der Waals surface area contributed by atoms with E-state index in [1.54, 1.807) is 0 Å². The SMILES string of the molecule is CCNC(=NCc1cccc(COC(C)C)c1)NC(C)CCCN(CC)CC. The number of aliphatic imine (C=N–C) groups is 1.